The first-order chi connectivity index (χ1) is 11.3. The summed E-state index contributed by atoms with van der Waals surface area (Å²) in [4.78, 5) is 30.0. The van der Waals surface area contributed by atoms with E-state index >= 15 is 0 Å². The molecule has 0 radical (unpaired) electrons. The van der Waals surface area contributed by atoms with Crippen LogP contribution in [0.3, 0.4) is 0 Å². The third kappa shape index (κ3) is 5.36. The number of carbonyl (C=O) groups is 2. The van der Waals surface area contributed by atoms with E-state index in [-0.39, 0.29) is 18.1 Å². The van der Waals surface area contributed by atoms with Gasteiger partial charge in [-0.05, 0) is 40.5 Å². The van der Waals surface area contributed by atoms with E-state index in [2.05, 4.69) is 15.2 Å². The molecule has 24 heavy (non-hydrogen) atoms. The van der Waals surface area contributed by atoms with Gasteiger partial charge in [0, 0.05) is 24.5 Å². The molecule has 1 saturated heterocycles. The predicted octanol–water partition coefficient (Wildman–Crippen LogP) is 2.81. The molecule has 1 fully saturated rings. The molecule has 1 aliphatic rings. The summed E-state index contributed by atoms with van der Waals surface area (Å²) >= 11 is 1.44. The van der Waals surface area contributed by atoms with Gasteiger partial charge in [0.2, 0.25) is 0 Å². The van der Waals surface area contributed by atoms with E-state index in [9.17, 15) is 9.59 Å². The third-order valence-electron chi connectivity index (χ3n) is 3.46. The Balaban J connectivity index is 1.82. The van der Waals surface area contributed by atoms with Crippen LogP contribution in [0.2, 0.25) is 0 Å². The van der Waals surface area contributed by atoms with Gasteiger partial charge in [0.1, 0.15) is 5.60 Å². The van der Waals surface area contributed by atoms with Crippen molar-refractivity contribution in [1.29, 1.82) is 0 Å². The molecule has 2 rings (SSSR count). The number of carbonyl (C=O) groups excluding carboxylic acids is 2. The quantitative estimate of drug-likeness (QED) is 0.837. The Morgan fingerprint density at radius 1 is 1.38 bits per heavy atom. The molecule has 1 aromatic heterocycles. The van der Waals surface area contributed by atoms with Gasteiger partial charge in [0.25, 0.3) is 0 Å². The molecule has 8 heteroatoms. The van der Waals surface area contributed by atoms with Crippen LogP contribution in [0.1, 0.15) is 51.0 Å². The fourth-order valence-corrected chi connectivity index (χ4v) is 3.25. The standard InChI is InChI=1S/C16H25N3O4S/c1-5-22-13(20)12-10-24-14(18-12)19-8-6-11(7-9-19)17-15(21)23-16(2,3)4/h10-11H,5-9H2,1-4H3,(H,17,21). The van der Waals surface area contributed by atoms with Crippen molar-refractivity contribution < 1.29 is 19.1 Å². The Morgan fingerprint density at radius 3 is 2.62 bits per heavy atom. The van der Waals surface area contributed by atoms with Crippen LogP contribution in [0.15, 0.2) is 5.38 Å². The summed E-state index contributed by atoms with van der Waals surface area (Å²) < 4.78 is 10.2. The molecule has 1 aliphatic heterocycles. The average Bonchev–Trinajstić information content (AvgIpc) is 2.96. The molecule has 0 atom stereocenters. The number of hydrogen-bond donors (Lipinski definition) is 1. The van der Waals surface area contributed by atoms with Crippen LogP contribution < -0.4 is 10.2 Å². The Morgan fingerprint density at radius 2 is 2.04 bits per heavy atom. The van der Waals surface area contributed by atoms with Gasteiger partial charge in [-0.1, -0.05) is 0 Å². The van der Waals surface area contributed by atoms with Gasteiger partial charge in [0.05, 0.1) is 6.61 Å². The van der Waals surface area contributed by atoms with Gasteiger partial charge in [-0.25, -0.2) is 14.6 Å². The number of rotatable bonds is 4. The zero-order valence-corrected chi connectivity index (χ0v) is 15.4. The summed E-state index contributed by atoms with van der Waals surface area (Å²) in [6, 6.07) is 0.0978. The summed E-state index contributed by atoms with van der Waals surface area (Å²) in [5.74, 6) is -0.388. The fourth-order valence-electron chi connectivity index (χ4n) is 2.40. The molecule has 0 saturated carbocycles. The third-order valence-corrected chi connectivity index (χ3v) is 4.36. The van der Waals surface area contributed by atoms with Crippen molar-refractivity contribution in [3.63, 3.8) is 0 Å². The first-order valence-electron chi connectivity index (χ1n) is 8.15. The molecule has 2 heterocycles. The first-order valence-corrected chi connectivity index (χ1v) is 9.03. The van der Waals surface area contributed by atoms with Gasteiger partial charge in [-0.3, -0.25) is 0 Å². The lowest BCUT2D eigenvalue weighted by Crippen LogP contribution is -2.46. The Kier molecular flexibility index (Phi) is 6.04. The number of ether oxygens (including phenoxy) is 2. The minimum Gasteiger partial charge on any atom is -0.461 e. The van der Waals surface area contributed by atoms with E-state index in [0.29, 0.717) is 12.3 Å². The molecule has 0 aliphatic carbocycles. The van der Waals surface area contributed by atoms with Crippen LogP contribution in [-0.2, 0) is 9.47 Å². The highest BCUT2D eigenvalue weighted by molar-refractivity contribution is 7.13. The summed E-state index contributed by atoms with van der Waals surface area (Å²) in [5, 5.41) is 5.44. The van der Waals surface area contributed by atoms with Crippen LogP contribution in [-0.4, -0.2) is 48.4 Å². The van der Waals surface area contributed by atoms with Crippen molar-refractivity contribution in [3.05, 3.63) is 11.1 Å². The molecule has 0 bridgehead atoms. The number of amides is 1. The second-order valence-electron chi connectivity index (χ2n) is 6.64. The van der Waals surface area contributed by atoms with Gasteiger partial charge >= 0.3 is 12.1 Å². The van der Waals surface area contributed by atoms with Crippen LogP contribution >= 0.6 is 11.3 Å². The van der Waals surface area contributed by atoms with Crippen LogP contribution in [0, 0.1) is 0 Å². The zero-order valence-electron chi connectivity index (χ0n) is 14.6. The minimum atomic E-state index is -0.491. The van der Waals surface area contributed by atoms with Gasteiger partial charge < -0.3 is 19.7 Å². The lowest BCUT2D eigenvalue weighted by atomic mass is 10.1. The van der Waals surface area contributed by atoms with Crippen LogP contribution in [0.25, 0.3) is 0 Å². The topological polar surface area (TPSA) is 80.8 Å². The first kappa shape index (κ1) is 18.5. The number of hydrogen-bond acceptors (Lipinski definition) is 7. The lowest BCUT2D eigenvalue weighted by molar-refractivity contribution is 0.0492. The highest BCUT2D eigenvalue weighted by atomic mass is 32.1. The molecule has 0 unspecified atom stereocenters. The zero-order chi connectivity index (χ0) is 17.7. The normalized spacial score (nSPS) is 15.9. The number of anilines is 1. The number of thiazole rings is 1. The van der Waals surface area contributed by atoms with E-state index < -0.39 is 5.60 Å². The van der Waals surface area contributed by atoms with Crippen LogP contribution in [0.4, 0.5) is 9.93 Å². The van der Waals surface area contributed by atoms with E-state index in [0.717, 1.165) is 31.1 Å². The molecular formula is C16H25N3O4S. The number of nitrogens with zero attached hydrogens (tertiary/aromatic N) is 2. The Bertz CT molecular complexity index is 574. The summed E-state index contributed by atoms with van der Waals surface area (Å²) in [5.41, 5.74) is -0.138. The summed E-state index contributed by atoms with van der Waals surface area (Å²) in [7, 11) is 0. The molecule has 0 spiro atoms. The monoisotopic (exact) mass is 355 g/mol. The van der Waals surface area contributed by atoms with Gasteiger partial charge in [0.15, 0.2) is 10.8 Å². The van der Waals surface area contributed by atoms with Crippen molar-refractivity contribution >= 4 is 28.5 Å². The summed E-state index contributed by atoms with van der Waals surface area (Å²) in [6.07, 6.45) is 1.25. The van der Waals surface area contributed by atoms with Gasteiger partial charge in [-0.15, -0.1) is 11.3 Å². The predicted molar refractivity (Wildman–Crippen MR) is 92.7 cm³/mol. The molecule has 0 aromatic carbocycles. The minimum absolute atomic E-state index is 0.0978. The molecule has 7 nitrogen and oxygen atoms in total. The average molecular weight is 355 g/mol. The molecule has 1 amide bonds. The Hall–Kier alpha value is -1.83. The second kappa shape index (κ2) is 7.83. The SMILES string of the molecule is CCOC(=O)c1csc(N2CCC(NC(=O)OC(C)(C)C)CC2)n1. The van der Waals surface area contributed by atoms with Crippen LogP contribution in [0.5, 0.6) is 0 Å². The lowest BCUT2D eigenvalue weighted by Gasteiger charge is -2.32. The van der Waals surface area contributed by atoms with Crippen molar-refractivity contribution in [2.45, 2.75) is 52.2 Å². The largest absolute Gasteiger partial charge is 0.461 e. The number of nitrogens with one attached hydrogen (secondary N) is 1. The molecule has 134 valence electrons. The maximum Gasteiger partial charge on any atom is 0.407 e. The molecular weight excluding hydrogens is 330 g/mol. The fraction of sp³-hybridized carbons (Fsp3) is 0.688. The van der Waals surface area contributed by atoms with E-state index in [4.69, 9.17) is 9.47 Å². The smallest absolute Gasteiger partial charge is 0.407 e. The number of piperidine rings is 1. The highest BCUT2D eigenvalue weighted by Gasteiger charge is 2.25. The maximum atomic E-state index is 11.8. The molecule has 1 N–H and O–H groups in total. The second-order valence-corrected chi connectivity index (χ2v) is 7.48. The van der Waals surface area contributed by atoms with E-state index in [1.54, 1.807) is 12.3 Å². The highest BCUT2D eigenvalue weighted by Crippen LogP contribution is 2.24. The molecule has 1 aromatic rings. The summed E-state index contributed by atoms with van der Waals surface area (Å²) in [6.45, 7) is 9.20. The number of alkyl carbamates (subject to hydrolysis) is 1. The van der Waals surface area contributed by atoms with Gasteiger partial charge in [-0.2, -0.15) is 0 Å². The Labute approximate surface area is 146 Å². The van der Waals surface area contributed by atoms with E-state index in [1.807, 2.05) is 20.8 Å². The van der Waals surface area contributed by atoms with Crippen molar-refractivity contribution in [3.8, 4) is 0 Å². The number of esters is 1. The number of aromatic nitrogens is 1. The van der Waals surface area contributed by atoms with Crippen molar-refractivity contribution in [2.75, 3.05) is 24.6 Å². The van der Waals surface area contributed by atoms with Crippen molar-refractivity contribution in [2.24, 2.45) is 0 Å². The van der Waals surface area contributed by atoms with Crippen molar-refractivity contribution in [1.82, 2.24) is 10.3 Å². The maximum absolute atomic E-state index is 11.8. The van der Waals surface area contributed by atoms with E-state index in [1.165, 1.54) is 11.3 Å².